The lowest BCUT2D eigenvalue weighted by molar-refractivity contribution is -0.0933. The fraction of sp³-hybridized carbons (Fsp3) is 0.647. The minimum absolute atomic E-state index is 0.00717. The van der Waals surface area contributed by atoms with E-state index in [4.69, 9.17) is 4.74 Å². The molecule has 0 aliphatic carbocycles. The SMILES string of the molecule is CC(=O)c1ccc(NCC(C)(C)N2CC(C)OC(C)C2)nc1. The highest BCUT2D eigenvalue weighted by molar-refractivity contribution is 5.93. The molecule has 5 nitrogen and oxygen atoms in total. The van der Waals surface area contributed by atoms with Gasteiger partial charge in [-0.1, -0.05) is 0 Å². The van der Waals surface area contributed by atoms with E-state index in [0.29, 0.717) is 5.56 Å². The lowest BCUT2D eigenvalue weighted by Crippen LogP contribution is -2.57. The van der Waals surface area contributed by atoms with E-state index in [-0.39, 0.29) is 23.5 Å². The lowest BCUT2D eigenvalue weighted by Gasteiger charge is -2.45. The van der Waals surface area contributed by atoms with E-state index in [0.717, 1.165) is 25.5 Å². The van der Waals surface area contributed by atoms with Crippen molar-refractivity contribution in [2.75, 3.05) is 25.0 Å². The zero-order valence-corrected chi connectivity index (χ0v) is 14.2. The number of ether oxygens (including phenoxy) is 1. The van der Waals surface area contributed by atoms with Crippen LogP contribution in [0.25, 0.3) is 0 Å². The molecule has 0 aromatic carbocycles. The van der Waals surface area contributed by atoms with Crippen LogP contribution in [0.4, 0.5) is 5.82 Å². The van der Waals surface area contributed by atoms with Gasteiger partial charge in [-0.15, -0.1) is 0 Å². The van der Waals surface area contributed by atoms with Gasteiger partial charge in [0.2, 0.25) is 0 Å². The number of hydrogen-bond acceptors (Lipinski definition) is 5. The second kappa shape index (κ2) is 6.75. The number of morpholine rings is 1. The molecule has 1 fully saturated rings. The predicted octanol–water partition coefficient (Wildman–Crippen LogP) is 2.58. The molecule has 122 valence electrons. The van der Waals surface area contributed by atoms with Gasteiger partial charge < -0.3 is 10.1 Å². The van der Waals surface area contributed by atoms with Crippen LogP contribution in [0.3, 0.4) is 0 Å². The van der Waals surface area contributed by atoms with Crippen LogP contribution in [0.1, 0.15) is 45.0 Å². The second-order valence-electron chi connectivity index (χ2n) is 6.82. The number of anilines is 1. The summed E-state index contributed by atoms with van der Waals surface area (Å²) in [6, 6.07) is 3.67. The first kappa shape index (κ1) is 16.9. The van der Waals surface area contributed by atoms with Crippen LogP contribution in [0.15, 0.2) is 18.3 Å². The Hall–Kier alpha value is -1.46. The van der Waals surface area contributed by atoms with E-state index in [1.54, 1.807) is 13.1 Å². The average Bonchev–Trinajstić information content (AvgIpc) is 2.44. The third-order valence-electron chi connectivity index (χ3n) is 4.15. The molecule has 1 aromatic heterocycles. The van der Waals surface area contributed by atoms with Crippen LogP contribution in [-0.2, 0) is 4.74 Å². The van der Waals surface area contributed by atoms with Gasteiger partial charge in [0.15, 0.2) is 5.78 Å². The molecule has 2 atom stereocenters. The molecule has 0 bridgehead atoms. The van der Waals surface area contributed by atoms with Gasteiger partial charge in [0, 0.05) is 36.9 Å². The van der Waals surface area contributed by atoms with E-state index in [1.807, 2.05) is 12.1 Å². The third-order valence-corrected chi connectivity index (χ3v) is 4.15. The number of pyridine rings is 1. The van der Waals surface area contributed by atoms with E-state index in [1.165, 1.54) is 0 Å². The minimum atomic E-state index is 0.00717. The van der Waals surface area contributed by atoms with Gasteiger partial charge >= 0.3 is 0 Å². The Morgan fingerprint density at radius 1 is 1.36 bits per heavy atom. The normalized spacial score (nSPS) is 23.3. The third kappa shape index (κ3) is 4.27. The van der Waals surface area contributed by atoms with Gasteiger partial charge in [-0.2, -0.15) is 0 Å². The van der Waals surface area contributed by atoms with E-state index < -0.39 is 0 Å². The average molecular weight is 305 g/mol. The first-order valence-electron chi connectivity index (χ1n) is 7.89. The van der Waals surface area contributed by atoms with Crippen molar-refractivity contribution < 1.29 is 9.53 Å². The highest BCUT2D eigenvalue weighted by Crippen LogP contribution is 2.21. The number of Topliss-reactive ketones (excluding diaryl/α,β-unsaturated/α-hetero) is 1. The number of carbonyl (C=O) groups is 1. The molecule has 1 aliphatic rings. The van der Waals surface area contributed by atoms with Crippen molar-refractivity contribution in [2.24, 2.45) is 0 Å². The van der Waals surface area contributed by atoms with Gasteiger partial charge in [0.1, 0.15) is 5.82 Å². The Balaban J connectivity index is 1.95. The molecule has 0 saturated carbocycles. The maximum absolute atomic E-state index is 11.3. The van der Waals surface area contributed by atoms with Crippen LogP contribution in [0.2, 0.25) is 0 Å². The Bertz CT molecular complexity index is 503. The molecule has 0 spiro atoms. The molecule has 1 saturated heterocycles. The molecule has 0 amide bonds. The number of aromatic nitrogens is 1. The number of ketones is 1. The van der Waals surface area contributed by atoms with Crippen molar-refractivity contribution in [3.63, 3.8) is 0 Å². The summed E-state index contributed by atoms with van der Waals surface area (Å²) in [5.74, 6) is 0.836. The first-order chi connectivity index (χ1) is 10.3. The van der Waals surface area contributed by atoms with Crippen LogP contribution in [0.5, 0.6) is 0 Å². The van der Waals surface area contributed by atoms with Crippen molar-refractivity contribution in [1.29, 1.82) is 0 Å². The van der Waals surface area contributed by atoms with Gasteiger partial charge in [0.05, 0.1) is 12.2 Å². The van der Waals surface area contributed by atoms with Crippen LogP contribution < -0.4 is 5.32 Å². The van der Waals surface area contributed by atoms with Crippen LogP contribution in [-0.4, -0.2) is 53.0 Å². The zero-order chi connectivity index (χ0) is 16.3. The van der Waals surface area contributed by atoms with Crippen molar-refractivity contribution in [2.45, 2.75) is 52.4 Å². The van der Waals surface area contributed by atoms with E-state index >= 15 is 0 Å². The van der Waals surface area contributed by atoms with Crippen LogP contribution in [0, 0.1) is 0 Å². The summed E-state index contributed by atoms with van der Waals surface area (Å²) in [6.45, 7) is 12.9. The lowest BCUT2D eigenvalue weighted by atomic mass is 10.00. The number of rotatable bonds is 5. The van der Waals surface area contributed by atoms with Crippen molar-refractivity contribution in [1.82, 2.24) is 9.88 Å². The molecular formula is C17H27N3O2. The van der Waals surface area contributed by atoms with Gasteiger partial charge in [-0.3, -0.25) is 9.69 Å². The first-order valence-corrected chi connectivity index (χ1v) is 7.89. The summed E-state index contributed by atoms with van der Waals surface area (Å²) in [5, 5.41) is 3.37. The molecule has 5 heteroatoms. The summed E-state index contributed by atoms with van der Waals surface area (Å²) in [7, 11) is 0. The van der Waals surface area contributed by atoms with Crippen LogP contribution >= 0.6 is 0 Å². The van der Waals surface area contributed by atoms with E-state index in [2.05, 4.69) is 42.9 Å². The number of nitrogens with zero attached hydrogens (tertiary/aromatic N) is 2. The largest absolute Gasteiger partial charge is 0.373 e. The van der Waals surface area contributed by atoms with Gasteiger partial charge in [-0.25, -0.2) is 4.98 Å². The highest BCUT2D eigenvalue weighted by atomic mass is 16.5. The molecule has 0 radical (unpaired) electrons. The van der Waals surface area contributed by atoms with E-state index in [9.17, 15) is 4.79 Å². The van der Waals surface area contributed by atoms with Gasteiger partial charge in [-0.05, 0) is 46.8 Å². The topological polar surface area (TPSA) is 54.5 Å². The molecule has 22 heavy (non-hydrogen) atoms. The number of hydrogen-bond donors (Lipinski definition) is 1. The molecule has 1 aromatic rings. The minimum Gasteiger partial charge on any atom is -0.373 e. The summed E-state index contributed by atoms with van der Waals surface area (Å²) >= 11 is 0. The maximum Gasteiger partial charge on any atom is 0.161 e. The van der Waals surface area contributed by atoms with Crippen molar-refractivity contribution in [3.8, 4) is 0 Å². The fourth-order valence-corrected chi connectivity index (χ4v) is 2.80. The Labute approximate surface area is 133 Å². The molecular weight excluding hydrogens is 278 g/mol. The van der Waals surface area contributed by atoms with Crippen molar-refractivity contribution >= 4 is 11.6 Å². The Morgan fingerprint density at radius 3 is 2.50 bits per heavy atom. The molecule has 2 unspecified atom stereocenters. The fourth-order valence-electron chi connectivity index (χ4n) is 2.80. The predicted molar refractivity (Wildman–Crippen MR) is 88.4 cm³/mol. The Kier molecular flexibility index (Phi) is 5.19. The second-order valence-corrected chi connectivity index (χ2v) is 6.82. The van der Waals surface area contributed by atoms with Crippen molar-refractivity contribution in [3.05, 3.63) is 23.9 Å². The number of nitrogens with one attached hydrogen (secondary N) is 1. The number of carbonyl (C=O) groups excluding carboxylic acids is 1. The smallest absolute Gasteiger partial charge is 0.161 e. The quantitative estimate of drug-likeness (QED) is 0.847. The Morgan fingerprint density at radius 2 is 2.00 bits per heavy atom. The summed E-state index contributed by atoms with van der Waals surface area (Å²) < 4.78 is 5.80. The highest BCUT2D eigenvalue weighted by Gasteiger charge is 2.33. The van der Waals surface area contributed by atoms with Gasteiger partial charge in [0.25, 0.3) is 0 Å². The molecule has 2 heterocycles. The summed E-state index contributed by atoms with van der Waals surface area (Å²) in [4.78, 5) is 18.0. The standard InChI is InChI=1S/C17H27N3O2/c1-12-9-20(10-13(2)22-12)17(4,5)11-19-16-7-6-15(8-18-16)14(3)21/h6-8,12-13H,9-11H2,1-5H3,(H,18,19). The molecule has 2 rings (SSSR count). The molecule has 1 N–H and O–H groups in total. The summed E-state index contributed by atoms with van der Waals surface area (Å²) in [5.41, 5.74) is 0.647. The monoisotopic (exact) mass is 305 g/mol. The zero-order valence-electron chi connectivity index (χ0n) is 14.2. The maximum atomic E-state index is 11.3. The summed E-state index contributed by atoms with van der Waals surface area (Å²) in [6.07, 6.45) is 2.14. The molecule has 1 aliphatic heterocycles.